The Labute approximate surface area is 112 Å². The number of imidazole rings is 1. The number of ether oxygens (including phenoxy) is 2. The largest absolute Gasteiger partial charge is 0.486 e. The molecule has 0 bridgehead atoms. The molecule has 100 valence electrons. The van der Waals surface area contributed by atoms with E-state index in [1.807, 2.05) is 31.4 Å². The lowest BCUT2D eigenvalue weighted by molar-refractivity contribution is 0.171. The van der Waals surface area contributed by atoms with Crippen molar-refractivity contribution in [1.82, 2.24) is 9.55 Å². The van der Waals surface area contributed by atoms with E-state index in [0.29, 0.717) is 19.8 Å². The van der Waals surface area contributed by atoms with Gasteiger partial charge in [0.05, 0.1) is 0 Å². The van der Waals surface area contributed by atoms with Crippen molar-refractivity contribution >= 4 is 0 Å². The van der Waals surface area contributed by atoms with Gasteiger partial charge in [-0.3, -0.25) is 0 Å². The van der Waals surface area contributed by atoms with Gasteiger partial charge < -0.3 is 19.8 Å². The van der Waals surface area contributed by atoms with Gasteiger partial charge in [-0.05, 0) is 24.7 Å². The Morgan fingerprint density at radius 3 is 2.84 bits per heavy atom. The Bertz CT molecular complexity index is 592. The highest BCUT2D eigenvalue weighted by molar-refractivity contribution is 5.62. The molecular formula is C14H17N3O2. The van der Waals surface area contributed by atoms with Crippen LogP contribution in [0.3, 0.4) is 0 Å². The van der Waals surface area contributed by atoms with Crippen LogP contribution in [0.25, 0.3) is 11.4 Å². The predicted octanol–water partition coefficient (Wildman–Crippen LogP) is 1.36. The van der Waals surface area contributed by atoms with Crippen molar-refractivity contribution in [3.8, 4) is 22.9 Å². The molecule has 0 spiro atoms. The van der Waals surface area contributed by atoms with Gasteiger partial charge in [-0.2, -0.15) is 0 Å². The molecule has 1 aliphatic rings. The van der Waals surface area contributed by atoms with Crippen molar-refractivity contribution in [2.24, 2.45) is 12.8 Å². The number of hydrogen-bond donors (Lipinski definition) is 1. The molecule has 3 rings (SSSR count). The molecule has 0 radical (unpaired) electrons. The molecule has 2 aromatic rings. The first-order valence-electron chi connectivity index (χ1n) is 6.40. The van der Waals surface area contributed by atoms with Gasteiger partial charge in [0.25, 0.3) is 0 Å². The Morgan fingerprint density at radius 2 is 2.05 bits per heavy atom. The van der Waals surface area contributed by atoms with E-state index in [-0.39, 0.29) is 0 Å². The van der Waals surface area contributed by atoms with Crippen LogP contribution in [-0.2, 0) is 13.5 Å². The molecule has 5 heteroatoms. The van der Waals surface area contributed by atoms with Crippen LogP contribution in [0.4, 0.5) is 0 Å². The summed E-state index contributed by atoms with van der Waals surface area (Å²) in [6.07, 6.45) is 2.70. The lowest BCUT2D eigenvalue weighted by Gasteiger charge is -2.18. The molecule has 0 aliphatic carbocycles. The predicted molar refractivity (Wildman–Crippen MR) is 72.4 cm³/mol. The zero-order valence-electron chi connectivity index (χ0n) is 10.9. The molecule has 0 unspecified atom stereocenters. The number of rotatable bonds is 3. The third-order valence-corrected chi connectivity index (χ3v) is 3.29. The summed E-state index contributed by atoms with van der Waals surface area (Å²) in [6, 6.07) is 5.91. The van der Waals surface area contributed by atoms with Gasteiger partial charge in [0.2, 0.25) is 0 Å². The first-order valence-corrected chi connectivity index (χ1v) is 6.40. The van der Waals surface area contributed by atoms with E-state index in [0.717, 1.165) is 35.0 Å². The number of benzene rings is 1. The van der Waals surface area contributed by atoms with Crippen LogP contribution in [0, 0.1) is 0 Å². The molecule has 1 aromatic heterocycles. The van der Waals surface area contributed by atoms with Crippen molar-refractivity contribution in [1.29, 1.82) is 0 Å². The summed E-state index contributed by atoms with van der Waals surface area (Å²) in [5, 5.41) is 0. The minimum atomic E-state index is 0.593. The van der Waals surface area contributed by atoms with Gasteiger partial charge in [-0.25, -0.2) is 4.98 Å². The number of nitrogens with zero attached hydrogens (tertiary/aromatic N) is 2. The summed E-state index contributed by atoms with van der Waals surface area (Å²) in [5.41, 5.74) is 7.75. The summed E-state index contributed by atoms with van der Waals surface area (Å²) in [7, 11) is 2.00. The van der Waals surface area contributed by atoms with Crippen LogP contribution >= 0.6 is 0 Å². The maximum absolute atomic E-state index is 5.60. The molecule has 2 N–H and O–H groups in total. The highest BCUT2D eigenvalue weighted by Crippen LogP contribution is 2.34. The molecule has 19 heavy (non-hydrogen) atoms. The van der Waals surface area contributed by atoms with Crippen LogP contribution in [0.2, 0.25) is 0 Å². The first-order chi connectivity index (χ1) is 9.29. The summed E-state index contributed by atoms with van der Waals surface area (Å²) < 4.78 is 13.2. The number of fused-ring (bicyclic) bond motifs is 1. The second-order valence-corrected chi connectivity index (χ2v) is 4.53. The zero-order chi connectivity index (χ0) is 13.2. The fraction of sp³-hybridized carbons (Fsp3) is 0.357. The maximum Gasteiger partial charge on any atom is 0.162 e. The first kappa shape index (κ1) is 12.0. The third-order valence-electron chi connectivity index (χ3n) is 3.29. The van der Waals surface area contributed by atoms with Crippen molar-refractivity contribution in [3.05, 3.63) is 30.1 Å². The fourth-order valence-electron chi connectivity index (χ4n) is 2.28. The van der Waals surface area contributed by atoms with Gasteiger partial charge in [0.15, 0.2) is 11.5 Å². The van der Waals surface area contributed by atoms with Crippen LogP contribution in [0.5, 0.6) is 11.5 Å². The van der Waals surface area contributed by atoms with E-state index in [1.165, 1.54) is 0 Å². The summed E-state index contributed by atoms with van der Waals surface area (Å²) in [5.74, 6) is 2.50. The molecule has 5 nitrogen and oxygen atoms in total. The molecule has 2 heterocycles. The SMILES string of the molecule is Cn1c(CCN)cnc1-c1ccc2c(c1)OCCO2. The molecular weight excluding hydrogens is 242 g/mol. The Balaban J connectivity index is 1.98. The van der Waals surface area contributed by atoms with Gasteiger partial charge in [-0.15, -0.1) is 0 Å². The van der Waals surface area contributed by atoms with Gasteiger partial charge >= 0.3 is 0 Å². The second-order valence-electron chi connectivity index (χ2n) is 4.53. The van der Waals surface area contributed by atoms with Crippen LogP contribution in [-0.4, -0.2) is 29.3 Å². The summed E-state index contributed by atoms with van der Waals surface area (Å²) in [6.45, 7) is 1.82. The van der Waals surface area contributed by atoms with E-state index < -0.39 is 0 Å². The summed E-state index contributed by atoms with van der Waals surface area (Å²) >= 11 is 0. The third kappa shape index (κ3) is 2.17. The zero-order valence-corrected chi connectivity index (χ0v) is 10.9. The van der Waals surface area contributed by atoms with Crippen molar-refractivity contribution in [2.45, 2.75) is 6.42 Å². The van der Waals surface area contributed by atoms with Crippen LogP contribution < -0.4 is 15.2 Å². The topological polar surface area (TPSA) is 62.3 Å². The number of hydrogen-bond acceptors (Lipinski definition) is 4. The second kappa shape index (κ2) is 4.93. The average Bonchev–Trinajstić information content (AvgIpc) is 2.80. The Kier molecular flexibility index (Phi) is 3.13. The molecule has 0 atom stereocenters. The minimum absolute atomic E-state index is 0.593. The Hall–Kier alpha value is -2.01. The van der Waals surface area contributed by atoms with Crippen molar-refractivity contribution in [3.63, 3.8) is 0 Å². The maximum atomic E-state index is 5.60. The summed E-state index contributed by atoms with van der Waals surface area (Å²) in [4.78, 5) is 4.46. The molecule has 0 saturated carbocycles. The van der Waals surface area contributed by atoms with Crippen molar-refractivity contribution in [2.75, 3.05) is 19.8 Å². The lowest BCUT2D eigenvalue weighted by Crippen LogP contribution is -2.15. The smallest absolute Gasteiger partial charge is 0.162 e. The molecule has 1 aliphatic heterocycles. The standard InChI is InChI=1S/C14H17N3O2/c1-17-11(4-5-15)9-16-14(17)10-2-3-12-13(8-10)19-7-6-18-12/h2-3,8-9H,4-7,15H2,1H3. The monoisotopic (exact) mass is 259 g/mol. The number of aromatic nitrogens is 2. The highest BCUT2D eigenvalue weighted by Gasteiger charge is 2.15. The Morgan fingerprint density at radius 1 is 1.26 bits per heavy atom. The van der Waals surface area contributed by atoms with E-state index in [4.69, 9.17) is 15.2 Å². The minimum Gasteiger partial charge on any atom is -0.486 e. The van der Waals surface area contributed by atoms with Crippen LogP contribution in [0.15, 0.2) is 24.4 Å². The van der Waals surface area contributed by atoms with Gasteiger partial charge in [-0.1, -0.05) is 0 Å². The van der Waals surface area contributed by atoms with E-state index >= 15 is 0 Å². The molecule has 0 saturated heterocycles. The van der Waals surface area contributed by atoms with Gasteiger partial charge in [0, 0.05) is 30.9 Å². The fourth-order valence-corrected chi connectivity index (χ4v) is 2.28. The van der Waals surface area contributed by atoms with E-state index in [1.54, 1.807) is 0 Å². The lowest BCUT2D eigenvalue weighted by atomic mass is 10.2. The highest BCUT2D eigenvalue weighted by atomic mass is 16.6. The average molecular weight is 259 g/mol. The van der Waals surface area contributed by atoms with E-state index in [9.17, 15) is 0 Å². The normalized spacial score (nSPS) is 13.6. The molecule has 0 fully saturated rings. The van der Waals surface area contributed by atoms with Crippen molar-refractivity contribution < 1.29 is 9.47 Å². The van der Waals surface area contributed by atoms with Crippen LogP contribution in [0.1, 0.15) is 5.69 Å². The van der Waals surface area contributed by atoms with E-state index in [2.05, 4.69) is 9.55 Å². The van der Waals surface area contributed by atoms with Gasteiger partial charge in [0.1, 0.15) is 19.0 Å². The number of nitrogens with two attached hydrogens (primary N) is 1. The molecule has 0 amide bonds. The molecule has 1 aromatic carbocycles. The quantitative estimate of drug-likeness (QED) is 0.904.